The predicted molar refractivity (Wildman–Crippen MR) is 120 cm³/mol. The molecule has 9 heteroatoms. The Morgan fingerprint density at radius 2 is 1.61 bits per heavy atom. The van der Waals surface area contributed by atoms with E-state index in [2.05, 4.69) is 5.32 Å². The molecule has 1 aliphatic rings. The molecule has 9 nitrogen and oxygen atoms in total. The van der Waals surface area contributed by atoms with Gasteiger partial charge in [0.2, 0.25) is 5.91 Å². The number of carboxylic acid groups (broad SMARTS) is 1. The summed E-state index contributed by atoms with van der Waals surface area (Å²) in [5, 5.41) is 12.6. The van der Waals surface area contributed by atoms with Crippen LogP contribution in [0.3, 0.4) is 0 Å². The summed E-state index contributed by atoms with van der Waals surface area (Å²) in [6.07, 6.45) is 1.57. The lowest BCUT2D eigenvalue weighted by Gasteiger charge is -2.28. The van der Waals surface area contributed by atoms with E-state index in [0.717, 1.165) is 0 Å². The van der Waals surface area contributed by atoms with E-state index in [9.17, 15) is 14.7 Å². The average molecular weight is 452 g/mol. The van der Waals surface area contributed by atoms with Crippen molar-refractivity contribution in [1.29, 1.82) is 0 Å². The lowest BCUT2D eigenvalue weighted by Crippen LogP contribution is -2.26. The van der Waals surface area contributed by atoms with Crippen molar-refractivity contribution in [2.45, 2.75) is 12.3 Å². The minimum atomic E-state index is -1.16. The minimum absolute atomic E-state index is 0.0326. The van der Waals surface area contributed by atoms with Crippen LogP contribution in [0.2, 0.25) is 0 Å². The van der Waals surface area contributed by atoms with E-state index in [-0.39, 0.29) is 23.6 Å². The normalized spacial score (nSPS) is 14.8. The molecule has 0 fully saturated rings. The number of ether oxygens (including phenoxy) is 4. The number of aromatic nitrogens is 1. The number of aromatic carboxylic acids is 1. The highest BCUT2D eigenvalue weighted by atomic mass is 16.5. The van der Waals surface area contributed by atoms with Gasteiger partial charge in [0.05, 0.1) is 45.5 Å². The number of amides is 1. The van der Waals surface area contributed by atoms with Crippen molar-refractivity contribution in [2.24, 2.45) is 0 Å². The first-order valence-electron chi connectivity index (χ1n) is 10.1. The van der Waals surface area contributed by atoms with Gasteiger partial charge in [-0.2, -0.15) is 0 Å². The van der Waals surface area contributed by atoms with Crippen molar-refractivity contribution in [3.8, 4) is 28.7 Å². The van der Waals surface area contributed by atoms with Crippen LogP contribution < -0.4 is 24.3 Å². The molecule has 0 spiro atoms. The van der Waals surface area contributed by atoms with Crippen molar-refractivity contribution < 1.29 is 33.6 Å². The highest BCUT2D eigenvalue weighted by Crippen LogP contribution is 2.46. The molecule has 2 aromatic carbocycles. The van der Waals surface area contributed by atoms with Crippen LogP contribution >= 0.6 is 0 Å². The second-order valence-corrected chi connectivity index (χ2v) is 7.43. The number of nitrogens with zero attached hydrogens (tertiary/aromatic N) is 1. The Labute approximate surface area is 190 Å². The third-order valence-corrected chi connectivity index (χ3v) is 5.72. The van der Waals surface area contributed by atoms with Crippen LogP contribution in [0.25, 0.3) is 5.69 Å². The summed E-state index contributed by atoms with van der Waals surface area (Å²) in [5.41, 5.74) is 2.06. The molecule has 0 radical (unpaired) electrons. The maximum Gasteiger partial charge on any atom is 0.339 e. The molecule has 1 atom stereocenters. The second-order valence-electron chi connectivity index (χ2n) is 7.43. The van der Waals surface area contributed by atoms with Crippen molar-refractivity contribution >= 4 is 17.6 Å². The number of benzene rings is 2. The lowest BCUT2D eigenvalue weighted by molar-refractivity contribution is -0.116. The molecule has 0 saturated carbocycles. The molecule has 3 aromatic rings. The number of nitrogens with one attached hydrogen (secondary N) is 1. The summed E-state index contributed by atoms with van der Waals surface area (Å²) in [5.74, 6) is 0.264. The van der Waals surface area contributed by atoms with Crippen LogP contribution in [0.15, 0.2) is 42.6 Å². The van der Waals surface area contributed by atoms with Crippen molar-refractivity contribution in [1.82, 2.24) is 4.57 Å². The van der Waals surface area contributed by atoms with Gasteiger partial charge in [-0.05, 0) is 30.3 Å². The highest BCUT2D eigenvalue weighted by Gasteiger charge is 2.36. The van der Waals surface area contributed by atoms with E-state index >= 15 is 0 Å². The van der Waals surface area contributed by atoms with Crippen molar-refractivity contribution in [3.63, 3.8) is 0 Å². The third kappa shape index (κ3) is 3.82. The zero-order valence-corrected chi connectivity index (χ0v) is 18.7. The van der Waals surface area contributed by atoms with Crippen molar-refractivity contribution in [3.05, 3.63) is 59.4 Å². The van der Waals surface area contributed by atoms with Gasteiger partial charge in [0, 0.05) is 30.2 Å². The Morgan fingerprint density at radius 3 is 2.21 bits per heavy atom. The average Bonchev–Trinajstić information content (AvgIpc) is 3.22. The predicted octanol–water partition coefficient (Wildman–Crippen LogP) is 3.68. The molecule has 1 aliphatic heterocycles. The Hall–Kier alpha value is -4.14. The maximum atomic E-state index is 12.7. The fourth-order valence-corrected chi connectivity index (χ4v) is 4.18. The van der Waals surface area contributed by atoms with Gasteiger partial charge >= 0.3 is 5.97 Å². The van der Waals surface area contributed by atoms with Gasteiger partial charge in [-0.25, -0.2) is 4.79 Å². The minimum Gasteiger partial charge on any atom is -0.497 e. The fourth-order valence-electron chi connectivity index (χ4n) is 4.18. The number of fused-ring (bicyclic) bond motifs is 1. The third-order valence-electron chi connectivity index (χ3n) is 5.72. The zero-order chi connectivity index (χ0) is 23.7. The highest BCUT2D eigenvalue weighted by molar-refractivity contribution is 6.04. The maximum absolute atomic E-state index is 12.7. The first-order valence-corrected chi connectivity index (χ1v) is 10.1. The van der Waals surface area contributed by atoms with E-state index in [1.54, 1.807) is 62.3 Å². The van der Waals surface area contributed by atoms with Gasteiger partial charge in [0.15, 0.2) is 0 Å². The quantitative estimate of drug-likeness (QED) is 0.563. The van der Waals surface area contributed by atoms with Gasteiger partial charge in [0.25, 0.3) is 0 Å². The number of rotatable bonds is 7. The molecule has 2 heterocycles. The van der Waals surface area contributed by atoms with Crippen LogP contribution in [0.4, 0.5) is 5.69 Å². The van der Waals surface area contributed by atoms with Gasteiger partial charge in [0.1, 0.15) is 28.6 Å². The smallest absolute Gasteiger partial charge is 0.339 e. The van der Waals surface area contributed by atoms with E-state index in [1.165, 1.54) is 13.3 Å². The standard InChI is InChI=1S/C24H24N2O7/c1-30-13-5-7-19(32-3)15(9-13)16-11-21(27)25-22-17(24(28)29)12-26(23(16)22)18-10-14(31-2)6-8-20(18)33-4/h5-10,12,16H,11H2,1-4H3,(H,25,27)(H,28,29)/t16-/m1/s1. The summed E-state index contributed by atoms with van der Waals surface area (Å²) in [4.78, 5) is 24.8. The Balaban J connectivity index is 2.04. The van der Waals surface area contributed by atoms with E-state index in [0.29, 0.717) is 39.9 Å². The first kappa shape index (κ1) is 22.1. The summed E-state index contributed by atoms with van der Waals surface area (Å²) < 4.78 is 23.6. The number of methoxy groups -OCH3 is 4. The summed E-state index contributed by atoms with van der Waals surface area (Å²) in [7, 11) is 6.17. The SMILES string of the molecule is COc1ccc(OC)c([C@H]2CC(=O)Nc3c(C(=O)O)cn(-c4cc(OC)ccc4OC)c32)c1. The molecule has 0 bridgehead atoms. The monoisotopic (exact) mass is 452 g/mol. The van der Waals surface area contributed by atoms with Gasteiger partial charge in [-0.1, -0.05) is 0 Å². The lowest BCUT2D eigenvalue weighted by atomic mass is 9.87. The summed E-state index contributed by atoms with van der Waals surface area (Å²) in [6, 6.07) is 10.6. The Morgan fingerprint density at radius 1 is 0.970 bits per heavy atom. The number of hydrogen-bond acceptors (Lipinski definition) is 6. The van der Waals surface area contributed by atoms with Crippen LogP contribution in [0.1, 0.15) is 34.0 Å². The molecule has 0 aliphatic carbocycles. The molecule has 1 amide bonds. The molecule has 33 heavy (non-hydrogen) atoms. The number of hydrogen-bond donors (Lipinski definition) is 2. The fraction of sp³-hybridized carbons (Fsp3) is 0.250. The summed E-state index contributed by atoms with van der Waals surface area (Å²) >= 11 is 0. The van der Waals surface area contributed by atoms with E-state index < -0.39 is 11.9 Å². The molecule has 0 saturated heterocycles. The Bertz CT molecular complexity index is 1230. The molecule has 2 N–H and O–H groups in total. The van der Waals surface area contributed by atoms with Gasteiger partial charge in [-0.3, -0.25) is 4.79 Å². The number of carbonyl (C=O) groups excluding carboxylic acids is 1. The second kappa shape index (κ2) is 8.78. The largest absolute Gasteiger partial charge is 0.497 e. The molecule has 172 valence electrons. The molecular weight excluding hydrogens is 428 g/mol. The zero-order valence-electron chi connectivity index (χ0n) is 18.7. The molecule has 1 aromatic heterocycles. The van der Waals surface area contributed by atoms with Crippen LogP contribution in [0, 0.1) is 0 Å². The first-order chi connectivity index (χ1) is 15.9. The van der Waals surface area contributed by atoms with Gasteiger partial charge in [-0.15, -0.1) is 0 Å². The topological polar surface area (TPSA) is 108 Å². The molecular formula is C24H24N2O7. The van der Waals surface area contributed by atoms with Gasteiger partial charge < -0.3 is 33.9 Å². The van der Waals surface area contributed by atoms with Crippen LogP contribution in [0.5, 0.6) is 23.0 Å². The summed E-state index contributed by atoms with van der Waals surface area (Å²) in [6.45, 7) is 0. The van der Waals surface area contributed by atoms with E-state index in [4.69, 9.17) is 18.9 Å². The van der Waals surface area contributed by atoms with Crippen LogP contribution in [-0.4, -0.2) is 50.0 Å². The van der Waals surface area contributed by atoms with E-state index in [1.807, 2.05) is 0 Å². The number of carboxylic acids is 1. The van der Waals surface area contributed by atoms with Crippen LogP contribution in [-0.2, 0) is 4.79 Å². The van der Waals surface area contributed by atoms with Crippen molar-refractivity contribution in [2.75, 3.05) is 33.8 Å². The number of carbonyl (C=O) groups is 2. The molecule has 0 unspecified atom stereocenters. The molecule has 4 rings (SSSR count). The number of anilines is 1. The Kier molecular flexibility index (Phi) is 5.87.